The molecule has 0 bridgehead atoms. The fourth-order valence-electron chi connectivity index (χ4n) is 7.57. The molecule has 2 aliphatic heterocycles. The lowest BCUT2D eigenvalue weighted by molar-refractivity contribution is 0.0972. The first-order valence-electron chi connectivity index (χ1n) is 20.2. The molecule has 334 valence electrons. The molecule has 0 spiro atoms. The zero-order valence-electron chi connectivity index (χ0n) is 34.6. The number of ether oxygens (including phenoxy) is 4. The molecule has 1 unspecified atom stereocenters. The summed E-state index contributed by atoms with van der Waals surface area (Å²) in [6, 6.07) is 13.0. The van der Waals surface area contributed by atoms with E-state index in [4.69, 9.17) is 18.9 Å². The zero-order chi connectivity index (χ0) is 44.3. The summed E-state index contributed by atoms with van der Waals surface area (Å²) in [4.78, 5) is 34.8. The van der Waals surface area contributed by atoms with Gasteiger partial charge >= 0.3 is 18.3 Å². The van der Waals surface area contributed by atoms with E-state index in [0.29, 0.717) is 35.2 Å². The summed E-state index contributed by atoms with van der Waals surface area (Å²) in [5.41, 5.74) is 2.90. The number of sulfonamides is 2. The molecule has 3 amide bonds. The van der Waals surface area contributed by atoms with Crippen LogP contribution >= 0.6 is 0 Å². The number of aromatic nitrogens is 4. The maximum atomic E-state index is 12.4. The van der Waals surface area contributed by atoms with Crippen LogP contribution in [0.15, 0.2) is 58.3 Å². The summed E-state index contributed by atoms with van der Waals surface area (Å²) in [5, 5.41) is 26.2. The van der Waals surface area contributed by atoms with Gasteiger partial charge in [-0.3, -0.25) is 10.2 Å². The summed E-state index contributed by atoms with van der Waals surface area (Å²) >= 11 is 0. The number of benzene rings is 2. The Labute approximate surface area is 358 Å². The van der Waals surface area contributed by atoms with Gasteiger partial charge in [-0.05, 0) is 110 Å². The van der Waals surface area contributed by atoms with Crippen molar-refractivity contribution in [3.05, 3.63) is 59.9 Å². The first-order chi connectivity index (χ1) is 29.4. The Kier molecular flexibility index (Phi) is 12.9. The predicted octanol–water partition coefficient (Wildman–Crippen LogP) is 5.66. The molecule has 2 aromatic heterocycles. The third-order valence-electron chi connectivity index (χ3n) is 10.3. The van der Waals surface area contributed by atoms with Crippen molar-refractivity contribution in [1.82, 2.24) is 40.5 Å². The van der Waals surface area contributed by atoms with Gasteiger partial charge in [-0.15, -0.1) is 0 Å². The lowest BCUT2D eigenvalue weighted by atomic mass is 10.0. The highest BCUT2D eigenvalue weighted by Crippen LogP contribution is 2.38. The molecule has 4 aliphatic rings. The third kappa shape index (κ3) is 10.9. The lowest BCUT2D eigenvalue weighted by Gasteiger charge is -2.24. The first-order valence-corrected chi connectivity index (χ1v) is 23.2. The molecule has 2 fully saturated rings. The van der Waals surface area contributed by atoms with E-state index in [1.165, 1.54) is 18.2 Å². The number of hydrogen-bond acceptors (Lipinski definition) is 15. The van der Waals surface area contributed by atoms with Crippen LogP contribution in [0.5, 0.6) is 11.5 Å². The topological polar surface area (TPSA) is 286 Å². The van der Waals surface area contributed by atoms with Gasteiger partial charge in [0.05, 0.1) is 0 Å². The SMILES string of the molecule is CC(C)NC(=O)O[C@@H]1CC[C@H](c2cc(Nc3ccc4c(c3)S(=O)(=O)NC(=O)O4)n[nH]2)C1.CC(C)NC(=O)O[C@@H]1CC[C@H](c2cc(Nc3ccc4c(c3)S(=O)(=O)NC(C)O4)n[nH]2)C1. The average Bonchev–Trinajstić information content (AvgIpc) is 4.00. The minimum atomic E-state index is -3.98. The second-order valence-electron chi connectivity index (χ2n) is 16.0. The predicted molar refractivity (Wildman–Crippen MR) is 224 cm³/mol. The molecule has 8 N–H and O–H groups in total. The number of carbonyl (C=O) groups excluding carboxylic acids is 3. The maximum absolute atomic E-state index is 12.4. The minimum Gasteiger partial charge on any atom is -0.473 e. The number of rotatable bonds is 10. The monoisotopic (exact) mass is 898 g/mol. The van der Waals surface area contributed by atoms with Gasteiger partial charge in [0.1, 0.15) is 27.7 Å². The Morgan fingerprint density at radius 3 is 1.69 bits per heavy atom. The van der Waals surface area contributed by atoms with Crippen molar-refractivity contribution < 1.29 is 50.2 Å². The van der Waals surface area contributed by atoms with Crippen LogP contribution in [0.25, 0.3) is 0 Å². The number of anilines is 4. The first kappa shape index (κ1) is 44.0. The summed E-state index contributed by atoms with van der Waals surface area (Å²) < 4.78 is 74.5. The quantitative estimate of drug-likeness (QED) is 0.0954. The molecule has 62 heavy (non-hydrogen) atoms. The Hall–Kier alpha value is -6.07. The molecule has 2 saturated carbocycles. The maximum Gasteiger partial charge on any atom is 0.426 e. The molecular weight excluding hydrogens is 849 g/mol. The number of carbonyl (C=O) groups is 3. The zero-order valence-corrected chi connectivity index (χ0v) is 36.2. The summed E-state index contributed by atoms with van der Waals surface area (Å²) in [6.45, 7) is 9.16. The Morgan fingerprint density at radius 2 is 1.19 bits per heavy atom. The number of hydrogen-bond donors (Lipinski definition) is 8. The van der Waals surface area contributed by atoms with Gasteiger partial charge in [0.15, 0.2) is 23.6 Å². The highest BCUT2D eigenvalue weighted by Gasteiger charge is 2.33. The second kappa shape index (κ2) is 18.1. The molecular formula is C39H50N10O11S2. The molecule has 2 aliphatic carbocycles. The number of H-pyrrole nitrogens is 2. The average molecular weight is 899 g/mol. The van der Waals surface area contributed by atoms with E-state index in [9.17, 15) is 31.2 Å². The van der Waals surface area contributed by atoms with Crippen molar-refractivity contribution in [2.75, 3.05) is 10.6 Å². The Balaban J connectivity index is 0.000000186. The van der Waals surface area contributed by atoms with Crippen molar-refractivity contribution >= 4 is 61.3 Å². The summed E-state index contributed by atoms with van der Waals surface area (Å²) in [5.74, 6) is 1.76. The van der Waals surface area contributed by atoms with E-state index in [2.05, 4.69) is 46.4 Å². The van der Waals surface area contributed by atoms with Crippen LogP contribution in [0.2, 0.25) is 0 Å². The number of alkyl carbamates (subject to hydrolysis) is 2. The van der Waals surface area contributed by atoms with Crippen molar-refractivity contribution in [3.63, 3.8) is 0 Å². The number of nitrogens with one attached hydrogen (secondary N) is 8. The lowest BCUT2D eigenvalue weighted by Crippen LogP contribution is -2.40. The van der Waals surface area contributed by atoms with Crippen molar-refractivity contribution in [3.8, 4) is 11.5 Å². The van der Waals surface area contributed by atoms with Crippen molar-refractivity contribution in [2.45, 2.75) is 125 Å². The van der Waals surface area contributed by atoms with Crippen molar-refractivity contribution in [1.29, 1.82) is 0 Å². The van der Waals surface area contributed by atoms with Gasteiger partial charge in [-0.2, -0.15) is 14.9 Å². The fraction of sp³-hybridized carbons (Fsp3) is 0.462. The van der Waals surface area contributed by atoms with Gasteiger partial charge in [-0.1, -0.05) is 0 Å². The standard InChI is InChI=1S/C20H27N5O5S.C19H23N5O6S/c1-11(2)21-20(26)30-15-6-4-13(8-15)16-10-19(24-23-16)22-14-5-7-17-18(9-14)31(27,28)25-12(3)29-17;1-10(2)20-18(25)29-13-5-3-11(7-13)14-9-17(23-22-14)21-12-4-6-15-16(8-12)31(27,28)24-19(26)30-15/h5,7,9-13,15,25H,4,6,8H2,1-3H3,(H,21,26)(H2,22,23,24);4,6,8-11,13H,3,5,7H2,1-2H3,(H,20,25)(H,24,26)(H2,21,22,23)/t12?,13-,15+;11-,13+/m00/s1. The molecule has 8 rings (SSSR count). The van der Waals surface area contributed by atoms with E-state index >= 15 is 0 Å². The molecule has 5 atom stereocenters. The van der Waals surface area contributed by atoms with Crippen LogP contribution in [-0.2, 0) is 29.5 Å². The van der Waals surface area contributed by atoms with Crippen LogP contribution in [-0.4, -0.2) is 86.0 Å². The fourth-order valence-corrected chi connectivity index (χ4v) is 9.87. The summed E-state index contributed by atoms with van der Waals surface area (Å²) in [6.07, 6.45) is 2.03. The van der Waals surface area contributed by atoms with Gasteiger partial charge in [0, 0.05) is 58.8 Å². The minimum absolute atomic E-state index is 0.0207. The number of aromatic amines is 2. The van der Waals surface area contributed by atoms with Crippen LogP contribution in [0, 0.1) is 0 Å². The smallest absolute Gasteiger partial charge is 0.426 e. The van der Waals surface area contributed by atoms with Crippen LogP contribution in [0.4, 0.5) is 37.4 Å². The number of amides is 3. The molecule has 21 nitrogen and oxygen atoms in total. The molecule has 2 aromatic carbocycles. The second-order valence-corrected chi connectivity index (χ2v) is 19.4. The number of fused-ring (bicyclic) bond motifs is 2. The van der Waals surface area contributed by atoms with E-state index in [-0.39, 0.29) is 57.8 Å². The number of nitrogens with zero attached hydrogens (tertiary/aromatic N) is 2. The summed E-state index contributed by atoms with van der Waals surface area (Å²) in [7, 11) is -7.60. The molecule has 4 aromatic rings. The van der Waals surface area contributed by atoms with Crippen LogP contribution in [0.3, 0.4) is 0 Å². The van der Waals surface area contributed by atoms with Crippen LogP contribution < -0.4 is 40.2 Å². The third-order valence-corrected chi connectivity index (χ3v) is 13.1. The molecule has 23 heteroatoms. The van der Waals surface area contributed by atoms with Crippen LogP contribution in [0.1, 0.15) is 96.4 Å². The molecule has 0 radical (unpaired) electrons. The van der Waals surface area contributed by atoms with E-state index < -0.39 is 38.5 Å². The van der Waals surface area contributed by atoms with Gasteiger partial charge in [-0.25, -0.2) is 35.9 Å². The Bertz CT molecular complexity index is 2530. The molecule has 4 heterocycles. The van der Waals surface area contributed by atoms with E-state index in [0.717, 1.165) is 43.5 Å². The van der Waals surface area contributed by atoms with Gasteiger partial charge < -0.3 is 40.2 Å². The normalized spacial score (nSPS) is 23.0. The Morgan fingerprint density at radius 1 is 0.710 bits per heavy atom. The van der Waals surface area contributed by atoms with E-state index in [1.807, 2.05) is 39.8 Å². The van der Waals surface area contributed by atoms with E-state index in [1.54, 1.807) is 29.8 Å². The molecule has 0 saturated heterocycles. The van der Waals surface area contributed by atoms with Gasteiger partial charge in [0.25, 0.3) is 10.0 Å². The van der Waals surface area contributed by atoms with Crippen molar-refractivity contribution in [2.24, 2.45) is 0 Å². The largest absolute Gasteiger partial charge is 0.473 e. The highest BCUT2D eigenvalue weighted by molar-refractivity contribution is 7.90. The van der Waals surface area contributed by atoms with Gasteiger partial charge in [0.2, 0.25) is 10.0 Å². The highest BCUT2D eigenvalue weighted by atomic mass is 32.2.